The molecule has 0 fully saturated rings. The van der Waals surface area contributed by atoms with Crippen molar-refractivity contribution in [1.82, 2.24) is 0 Å². The Morgan fingerprint density at radius 3 is 1.42 bits per heavy atom. The number of anilines is 3. The van der Waals surface area contributed by atoms with E-state index in [1.807, 2.05) is 0 Å². The van der Waals surface area contributed by atoms with Crippen LogP contribution in [0.15, 0.2) is 127 Å². The second-order valence-corrected chi connectivity index (χ2v) is 8.45. The Labute approximate surface area is 196 Å². The van der Waals surface area contributed by atoms with Crippen LogP contribution in [0.3, 0.4) is 0 Å². The third-order valence-corrected chi connectivity index (χ3v) is 6.07. The smallest absolute Gasteiger partial charge is 0.0491 e. The first-order valence-corrected chi connectivity index (χ1v) is 11.4. The van der Waals surface area contributed by atoms with Crippen molar-refractivity contribution >= 4 is 17.1 Å². The molecule has 0 aliphatic carbocycles. The van der Waals surface area contributed by atoms with Gasteiger partial charge in [0.1, 0.15) is 0 Å². The van der Waals surface area contributed by atoms with Gasteiger partial charge in [-0.2, -0.15) is 0 Å². The fraction of sp³-hybridized carbons (Fsp3) is 0.0625. The molecule has 0 unspecified atom stereocenters. The summed E-state index contributed by atoms with van der Waals surface area (Å²) < 4.78 is 0. The van der Waals surface area contributed by atoms with Crippen molar-refractivity contribution in [2.75, 3.05) is 4.90 Å². The molecule has 0 atom stereocenters. The quantitative estimate of drug-likeness (QED) is 0.271. The topological polar surface area (TPSA) is 3.24 Å². The molecule has 0 N–H and O–H groups in total. The second kappa shape index (κ2) is 9.18. The lowest BCUT2D eigenvalue weighted by Crippen LogP contribution is -2.11. The van der Waals surface area contributed by atoms with Crippen molar-refractivity contribution in [3.05, 3.63) is 139 Å². The summed E-state index contributed by atoms with van der Waals surface area (Å²) in [5, 5.41) is 0. The van der Waals surface area contributed by atoms with Crippen molar-refractivity contribution in [2.45, 2.75) is 13.8 Å². The Bertz CT molecular complexity index is 1340. The first kappa shape index (κ1) is 20.8. The zero-order chi connectivity index (χ0) is 22.6. The molecular weight excluding hydrogens is 398 g/mol. The molecule has 1 heteroatoms. The zero-order valence-corrected chi connectivity index (χ0v) is 19.1. The fourth-order valence-corrected chi connectivity index (χ4v) is 4.27. The Balaban J connectivity index is 1.58. The van der Waals surface area contributed by atoms with Crippen LogP contribution in [0.1, 0.15) is 11.1 Å². The highest BCUT2D eigenvalue weighted by atomic mass is 15.1. The van der Waals surface area contributed by atoms with Gasteiger partial charge in [-0.25, -0.2) is 0 Å². The number of hydrogen-bond acceptors (Lipinski definition) is 1. The SMILES string of the molecule is Cc1ccc(N(c2ccc(-c3ccccc3)cc2)c2ccc(-c3ccccc3)cc2C)cc1. The summed E-state index contributed by atoms with van der Waals surface area (Å²) in [6.07, 6.45) is 0. The standard InChI is InChI=1S/C32H27N/c1-24-13-18-30(19-14-24)33(31-20-15-28(16-21-31)26-9-5-3-6-10-26)32-22-17-29(23-25(32)2)27-11-7-4-8-12-27/h3-23H,1-2H3. The van der Waals surface area contributed by atoms with E-state index in [4.69, 9.17) is 0 Å². The van der Waals surface area contributed by atoms with Gasteiger partial charge in [0.05, 0.1) is 0 Å². The molecule has 0 aliphatic rings. The molecule has 0 bridgehead atoms. The molecule has 0 aromatic heterocycles. The van der Waals surface area contributed by atoms with Gasteiger partial charge in [0.15, 0.2) is 0 Å². The van der Waals surface area contributed by atoms with Gasteiger partial charge in [-0.3, -0.25) is 0 Å². The van der Waals surface area contributed by atoms with Crippen LogP contribution in [0.2, 0.25) is 0 Å². The monoisotopic (exact) mass is 425 g/mol. The molecule has 5 aromatic carbocycles. The molecule has 0 saturated carbocycles. The van der Waals surface area contributed by atoms with Crippen molar-refractivity contribution < 1.29 is 0 Å². The van der Waals surface area contributed by atoms with E-state index < -0.39 is 0 Å². The van der Waals surface area contributed by atoms with Crippen LogP contribution in [0, 0.1) is 13.8 Å². The highest BCUT2D eigenvalue weighted by Gasteiger charge is 2.15. The van der Waals surface area contributed by atoms with Gasteiger partial charge < -0.3 is 4.90 Å². The molecule has 5 rings (SSSR count). The Morgan fingerprint density at radius 1 is 0.424 bits per heavy atom. The van der Waals surface area contributed by atoms with E-state index >= 15 is 0 Å². The normalized spacial score (nSPS) is 10.7. The molecule has 0 heterocycles. The van der Waals surface area contributed by atoms with Gasteiger partial charge in [-0.05, 0) is 78.1 Å². The van der Waals surface area contributed by atoms with E-state index in [1.165, 1.54) is 39.1 Å². The van der Waals surface area contributed by atoms with Crippen LogP contribution in [0.25, 0.3) is 22.3 Å². The van der Waals surface area contributed by atoms with Gasteiger partial charge >= 0.3 is 0 Å². The fourth-order valence-electron chi connectivity index (χ4n) is 4.27. The molecule has 0 aliphatic heterocycles. The largest absolute Gasteiger partial charge is 0.310 e. The number of nitrogens with zero attached hydrogens (tertiary/aromatic N) is 1. The van der Waals surface area contributed by atoms with Gasteiger partial charge in [0.2, 0.25) is 0 Å². The van der Waals surface area contributed by atoms with E-state index in [1.54, 1.807) is 0 Å². The lowest BCUT2D eigenvalue weighted by molar-refractivity contribution is 1.25. The van der Waals surface area contributed by atoms with E-state index in [-0.39, 0.29) is 0 Å². The number of rotatable bonds is 5. The van der Waals surface area contributed by atoms with Crippen molar-refractivity contribution in [2.24, 2.45) is 0 Å². The van der Waals surface area contributed by atoms with Crippen LogP contribution in [0.5, 0.6) is 0 Å². The third kappa shape index (κ3) is 4.44. The molecule has 1 nitrogen and oxygen atoms in total. The van der Waals surface area contributed by atoms with Gasteiger partial charge in [0, 0.05) is 17.1 Å². The van der Waals surface area contributed by atoms with Crippen molar-refractivity contribution in [1.29, 1.82) is 0 Å². The summed E-state index contributed by atoms with van der Waals surface area (Å²) >= 11 is 0. The zero-order valence-electron chi connectivity index (χ0n) is 19.1. The van der Waals surface area contributed by atoms with E-state index in [9.17, 15) is 0 Å². The first-order chi connectivity index (χ1) is 16.2. The summed E-state index contributed by atoms with van der Waals surface area (Å²) in [5.74, 6) is 0. The van der Waals surface area contributed by atoms with Gasteiger partial charge in [-0.15, -0.1) is 0 Å². The molecule has 0 radical (unpaired) electrons. The average Bonchev–Trinajstić information content (AvgIpc) is 2.88. The lowest BCUT2D eigenvalue weighted by atomic mass is 10.0. The van der Waals surface area contributed by atoms with Crippen LogP contribution < -0.4 is 4.90 Å². The molecule has 33 heavy (non-hydrogen) atoms. The van der Waals surface area contributed by atoms with Crippen molar-refractivity contribution in [3.63, 3.8) is 0 Å². The highest BCUT2D eigenvalue weighted by Crippen LogP contribution is 2.38. The number of hydrogen-bond donors (Lipinski definition) is 0. The predicted molar refractivity (Wildman–Crippen MR) is 141 cm³/mol. The summed E-state index contributed by atoms with van der Waals surface area (Å²) in [5.41, 5.74) is 10.9. The molecule has 0 saturated heterocycles. The predicted octanol–water partition coefficient (Wildman–Crippen LogP) is 9.11. The van der Waals surface area contributed by atoms with Crippen LogP contribution in [-0.4, -0.2) is 0 Å². The third-order valence-electron chi connectivity index (χ3n) is 6.07. The van der Waals surface area contributed by atoms with Gasteiger partial charge in [0.25, 0.3) is 0 Å². The first-order valence-electron chi connectivity index (χ1n) is 11.4. The lowest BCUT2D eigenvalue weighted by Gasteiger charge is -2.27. The van der Waals surface area contributed by atoms with Crippen LogP contribution >= 0.6 is 0 Å². The molecular formula is C32H27N. The van der Waals surface area contributed by atoms with E-state index in [2.05, 4.69) is 146 Å². The highest BCUT2D eigenvalue weighted by molar-refractivity contribution is 5.81. The molecule has 0 amide bonds. The molecule has 0 spiro atoms. The number of aryl methyl sites for hydroxylation is 2. The maximum atomic E-state index is 2.35. The Hall–Kier alpha value is -4.10. The summed E-state index contributed by atoms with van der Waals surface area (Å²) in [6, 6.07) is 45.4. The summed E-state index contributed by atoms with van der Waals surface area (Å²) in [7, 11) is 0. The summed E-state index contributed by atoms with van der Waals surface area (Å²) in [6.45, 7) is 4.32. The second-order valence-electron chi connectivity index (χ2n) is 8.45. The van der Waals surface area contributed by atoms with E-state index in [0.717, 1.165) is 11.4 Å². The van der Waals surface area contributed by atoms with Crippen LogP contribution in [0.4, 0.5) is 17.1 Å². The maximum absolute atomic E-state index is 2.35. The van der Waals surface area contributed by atoms with Gasteiger partial charge in [-0.1, -0.05) is 96.6 Å². The summed E-state index contributed by atoms with van der Waals surface area (Å²) in [4.78, 5) is 2.35. The molecule has 160 valence electrons. The molecule has 5 aromatic rings. The van der Waals surface area contributed by atoms with Crippen molar-refractivity contribution in [3.8, 4) is 22.3 Å². The minimum atomic E-state index is 1.15. The Morgan fingerprint density at radius 2 is 0.879 bits per heavy atom. The average molecular weight is 426 g/mol. The minimum absolute atomic E-state index is 1.15. The minimum Gasteiger partial charge on any atom is -0.310 e. The number of benzene rings is 5. The van der Waals surface area contributed by atoms with E-state index in [0.29, 0.717) is 0 Å². The Kier molecular flexibility index (Phi) is 5.78. The van der Waals surface area contributed by atoms with Crippen LogP contribution in [-0.2, 0) is 0 Å². The maximum Gasteiger partial charge on any atom is 0.0491 e.